The zero-order chi connectivity index (χ0) is 13.1. The number of nitrogens with zero attached hydrogens (tertiary/aromatic N) is 2. The summed E-state index contributed by atoms with van der Waals surface area (Å²) in [7, 11) is 0. The molecular formula is C12H18N4O2. The number of hydrogen-bond acceptors (Lipinski definition) is 3. The highest BCUT2D eigenvalue weighted by Gasteiger charge is 2.25. The van der Waals surface area contributed by atoms with Crippen LogP contribution in [-0.2, 0) is 0 Å². The summed E-state index contributed by atoms with van der Waals surface area (Å²) in [5, 5.41) is 8.73. The Bertz CT molecular complexity index is 455. The average molecular weight is 250 g/mol. The first-order valence-electron chi connectivity index (χ1n) is 6.16. The van der Waals surface area contributed by atoms with Crippen LogP contribution in [0.3, 0.4) is 0 Å². The maximum atomic E-state index is 12.0. The van der Waals surface area contributed by atoms with Gasteiger partial charge in [0, 0.05) is 19.2 Å². The molecule has 2 heterocycles. The average Bonchev–Trinajstić information content (AvgIpc) is 2.31. The lowest BCUT2D eigenvalue weighted by Gasteiger charge is -2.34. The summed E-state index contributed by atoms with van der Waals surface area (Å²) >= 11 is 0. The van der Waals surface area contributed by atoms with Gasteiger partial charge >= 0.3 is 6.03 Å². The molecule has 2 amide bonds. The number of rotatable bonds is 1. The van der Waals surface area contributed by atoms with Crippen LogP contribution in [0.25, 0.3) is 0 Å². The third-order valence-electron chi connectivity index (χ3n) is 3.07. The van der Waals surface area contributed by atoms with E-state index in [0.717, 1.165) is 19.5 Å². The molecule has 1 aliphatic rings. The van der Waals surface area contributed by atoms with Gasteiger partial charge in [0.25, 0.3) is 5.56 Å². The molecule has 1 aliphatic heterocycles. The molecule has 2 unspecified atom stereocenters. The number of likely N-dealkylation sites (tertiary alicyclic amines) is 1. The fourth-order valence-corrected chi connectivity index (χ4v) is 2.43. The van der Waals surface area contributed by atoms with E-state index in [9.17, 15) is 9.59 Å². The van der Waals surface area contributed by atoms with E-state index in [1.807, 2.05) is 0 Å². The maximum Gasteiger partial charge on any atom is 0.323 e. The number of aromatic nitrogens is 2. The van der Waals surface area contributed by atoms with Gasteiger partial charge in [-0.1, -0.05) is 13.8 Å². The quantitative estimate of drug-likeness (QED) is 0.788. The summed E-state index contributed by atoms with van der Waals surface area (Å²) in [5.74, 6) is 1.40. The number of piperidine rings is 1. The van der Waals surface area contributed by atoms with Gasteiger partial charge in [-0.15, -0.1) is 0 Å². The summed E-state index contributed by atoms with van der Waals surface area (Å²) < 4.78 is 0. The molecule has 1 aromatic heterocycles. The van der Waals surface area contributed by atoms with E-state index in [0.29, 0.717) is 17.7 Å². The molecule has 98 valence electrons. The van der Waals surface area contributed by atoms with Crippen LogP contribution in [0.1, 0.15) is 20.3 Å². The van der Waals surface area contributed by atoms with Crippen molar-refractivity contribution in [2.45, 2.75) is 20.3 Å². The van der Waals surface area contributed by atoms with Crippen molar-refractivity contribution in [1.82, 2.24) is 15.1 Å². The molecule has 2 N–H and O–H groups in total. The number of anilines is 1. The van der Waals surface area contributed by atoms with Crippen LogP contribution in [0, 0.1) is 11.8 Å². The molecule has 1 aromatic rings. The Balaban J connectivity index is 1.99. The fraction of sp³-hybridized carbons (Fsp3) is 0.583. The molecule has 6 nitrogen and oxygen atoms in total. The Labute approximate surface area is 105 Å². The zero-order valence-corrected chi connectivity index (χ0v) is 10.6. The second-order valence-electron chi connectivity index (χ2n) is 5.09. The lowest BCUT2D eigenvalue weighted by Crippen LogP contribution is -2.44. The van der Waals surface area contributed by atoms with Crippen molar-refractivity contribution < 1.29 is 4.79 Å². The Kier molecular flexibility index (Phi) is 3.64. The molecule has 0 aliphatic carbocycles. The zero-order valence-electron chi connectivity index (χ0n) is 10.6. The van der Waals surface area contributed by atoms with Crippen LogP contribution in [0.2, 0.25) is 0 Å². The van der Waals surface area contributed by atoms with Gasteiger partial charge in [0.15, 0.2) is 5.82 Å². The van der Waals surface area contributed by atoms with Gasteiger partial charge in [-0.3, -0.25) is 10.1 Å². The third kappa shape index (κ3) is 3.09. The summed E-state index contributed by atoms with van der Waals surface area (Å²) in [6, 6.07) is 2.67. The second-order valence-corrected chi connectivity index (χ2v) is 5.09. The molecule has 0 spiro atoms. The standard InChI is InChI=1S/C12H18N4O2/c1-8-5-9(2)7-16(6-8)12(18)13-10-3-4-11(17)15-14-10/h3-4,8-9H,5-7H2,1-2H3,(H,15,17)(H,13,14,18). The van der Waals surface area contributed by atoms with Gasteiger partial charge in [0.05, 0.1) is 0 Å². The van der Waals surface area contributed by atoms with Crippen molar-refractivity contribution in [1.29, 1.82) is 0 Å². The lowest BCUT2D eigenvalue weighted by atomic mass is 9.92. The number of aromatic amines is 1. The molecule has 6 heteroatoms. The Morgan fingerprint density at radius 3 is 2.61 bits per heavy atom. The molecule has 0 bridgehead atoms. The number of urea groups is 1. The minimum Gasteiger partial charge on any atom is -0.324 e. The molecule has 2 atom stereocenters. The largest absolute Gasteiger partial charge is 0.324 e. The van der Waals surface area contributed by atoms with Gasteiger partial charge in [-0.25, -0.2) is 9.89 Å². The highest BCUT2D eigenvalue weighted by molar-refractivity contribution is 5.88. The molecule has 0 radical (unpaired) electrons. The van der Waals surface area contributed by atoms with Crippen LogP contribution in [-0.4, -0.2) is 34.2 Å². The normalized spacial score (nSPS) is 23.8. The molecular weight excluding hydrogens is 232 g/mol. The summed E-state index contributed by atoms with van der Waals surface area (Å²) in [4.78, 5) is 24.7. The van der Waals surface area contributed by atoms with Crippen molar-refractivity contribution >= 4 is 11.8 Å². The minimum atomic E-state index is -0.284. The number of hydrogen-bond donors (Lipinski definition) is 2. The first kappa shape index (κ1) is 12.6. The molecule has 2 rings (SSSR count). The van der Waals surface area contributed by atoms with E-state index >= 15 is 0 Å². The van der Waals surface area contributed by atoms with Gasteiger partial charge in [0.1, 0.15) is 0 Å². The number of amides is 2. The predicted molar refractivity (Wildman–Crippen MR) is 68.4 cm³/mol. The Morgan fingerprint density at radius 2 is 2.06 bits per heavy atom. The Hall–Kier alpha value is -1.85. The summed E-state index contributed by atoms with van der Waals surface area (Å²) in [6.45, 7) is 5.82. The van der Waals surface area contributed by atoms with Gasteiger partial charge in [0.2, 0.25) is 0 Å². The van der Waals surface area contributed by atoms with E-state index in [1.54, 1.807) is 4.90 Å². The number of carbonyl (C=O) groups is 1. The predicted octanol–water partition coefficient (Wildman–Crippen LogP) is 1.28. The van der Waals surface area contributed by atoms with Crippen molar-refractivity contribution in [3.63, 3.8) is 0 Å². The van der Waals surface area contributed by atoms with Crippen LogP contribution in [0.15, 0.2) is 16.9 Å². The van der Waals surface area contributed by atoms with Gasteiger partial charge in [-0.2, -0.15) is 5.10 Å². The van der Waals surface area contributed by atoms with Crippen molar-refractivity contribution in [3.8, 4) is 0 Å². The van der Waals surface area contributed by atoms with Crippen LogP contribution in [0.5, 0.6) is 0 Å². The smallest absolute Gasteiger partial charge is 0.323 e. The molecule has 1 saturated heterocycles. The lowest BCUT2D eigenvalue weighted by molar-refractivity contribution is 0.156. The van der Waals surface area contributed by atoms with Gasteiger partial charge < -0.3 is 4.90 Å². The topological polar surface area (TPSA) is 78.1 Å². The highest BCUT2D eigenvalue weighted by atomic mass is 16.2. The molecule has 1 fully saturated rings. The van der Waals surface area contributed by atoms with Crippen molar-refractivity contribution in [2.75, 3.05) is 18.4 Å². The second kappa shape index (κ2) is 5.20. The first-order valence-corrected chi connectivity index (χ1v) is 6.16. The third-order valence-corrected chi connectivity index (χ3v) is 3.07. The highest BCUT2D eigenvalue weighted by Crippen LogP contribution is 2.21. The minimum absolute atomic E-state index is 0.159. The fourth-order valence-electron chi connectivity index (χ4n) is 2.43. The van der Waals surface area contributed by atoms with E-state index in [4.69, 9.17) is 0 Å². The molecule has 18 heavy (non-hydrogen) atoms. The van der Waals surface area contributed by atoms with E-state index in [2.05, 4.69) is 29.4 Å². The van der Waals surface area contributed by atoms with Crippen LogP contribution < -0.4 is 10.9 Å². The van der Waals surface area contributed by atoms with Gasteiger partial charge in [-0.05, 0) is 24.3 Å². The Morgan fingerprint density at radius 1 is 1.39 bits per heavy atom. The van der Waals surface area contributed by atoms with E-state index in [-0.39, 0.29) is 11.6 Å². The first-order chi connectivity index (χ1) is 8.54. The number of nitrogens with one attached hydrogen (secondary N) is 2. The summed E-state index contributed by atoms with van der Waals surface area (Å²) in [6.07, 6.45) is 1.15. The van der Waals surface area contributed by atoms with Crippen LogP contribution >= 0.6 is 0 Å². The monoisotopic (exact) mass is 250 g/mol. The van der Waals surface area contributed by atoms with E-state index in [1.165, 1.54) is 12.1 Å². The van der Waals surface area contributed by atoms with Crippen molar-refractivity contribution in [2.24, 2.45) is 11.8 Å². The van der Waals surface area contributed by atoms with Crippen LogP contribution in [0.4, 0.5) is 10.6 Å². The molecule has 0 saturated carbocycles. The van der Waals surface area contributed by atoms with Crippen molar-refractivity contribution in [3.05, 3.63) is 22.5 Å². The SMILES string of the molecule is CC1CC(C)CN(C(=O)Nc2ccc(=O)[nH]n2)C1. The summed E-state index contributed by atoms with van der Waals surface area (Å²) in [5.41, 5.74) is -0.284. The number of carbonyl (C=O) groups excluding carboxylic acids is 1. The van der Waals surface area contributed by atoms with E-state index < -0.39 is 0 Å². The maximum absolute atomic E-state index is 12.0. The molecule has 0 aromatic carbocycles. The number of H-pyrrole nitrogens is 1.